The second-order valence-corrected chi connectivity index (χ2v) is 16.4. The molecule has 60 heavy (non-hydrogen) atoms. The lowest BCUT2D eigenvalue weighted by atomic mass is 9.97. The van der Waals surface area contributed by atoms with E-state index < -0.39 is 0 Å². The van der Waals surface area contributed by atoms with E-state index >= 15 is 0 Å². The average Bonchev–Trinajstić information content (AvgIpc) is 3.91. The van der Waals surface area contributed by atoms with Gasteiger partial charge in [-0.05, 0) is 47.4 Å². The highest BCUT2D eigenvalue weighted by Gasteiger charge is 2.19. The van der Waals surface area contributed by atoms with Gasteiger partial charge in [0.25, 0.3) is 0 Å². The molecule has 4 nitrogen and oxygen atoms in total. The van der Waals surface area contributed by atoms with Gasteiger partial charge in [-0.3, -0.25) is 0 Å². The molecule has 4 heterocycles. The Hall–Kier alpha value is -7.47. The molecule has 7 aromatic carbocycles. The number of rotatable bonds is 6. The minimum Gasteiger partial charge on any atom is -0.455 e. The Morgan fingerprint density at radius 2 is 1.08 bits per heavy atom. The average molecular weight is 786 g/mol. The van der Waals surface area contributed by atoms with E-state index in [0.29, 0.717) is 5.82 Å². The highest BCUT2D eigenvalue weighted by molar-refractivity contribution is 7.17. The van der Waals surface area contributed by atoms with Crippen LogP contribution in [0.5, 0.6) is 0 Å². The first-order chi connectivity index (χ1) is 29.7. The van der Waals surface area contributed by atoms with Gasteiger partial charge in [-0.25, -0.2) is 15.0 Å². The Labute approximate surface area is 350 Å². The summed E-state index contributed by atoms with van der Waals surface area (Å²) < 4.78 is 9.01. The van der Waals surface area contributed by atoms with Gasteiger partial charge in [-0.2, -0.15) is 0 Å². The number of furan rings is 1. The van der Waals surface area contributed by atoms with Crippen molar-refractivity contribution in [2.75, 3.05) is 0 Å². The largest absolute Gasteiger partial charge is 0.455 e. The van der Waals surface area contributed by atoms with Crippen LogP contribution in [0.25, 0.3) is 122 Å². The van der Waals surface area contributed by atoms with Crippen LogP contribution in [-0.2, 0) is 0 Å². The smallest absolute Gasteiger partial charge is 0.160 e. The maximum absolute atomic E-state index is 6.44. The highest BCUT2D eigenvalue weighted by Crippen LogP contribution is 2.40. The quantitative estimate of drug-likeness (QED) is 0.168. The number of para-hydroxylation sites is 3. The normalized spacial score (nSPS) is 12.5. The van der Waals surface area contributed by atoms with Crippen molar-refractivity contribution in [3.05, 3.63) is 186 Å². The van der Waals surface area contributed by atoms with Gasteiger partial charge < -0.3 is 4.42 Å². The van der Waals surface area contributed by atoms with Crippen LogP contribution in [-0.4, -0.2) is 15.0 Å². The molecule has 0 fully saturated rings. The molecule has 1 aliphatic rings. The molecule has 282 valence electrons. The summed E-state index contributed by atoms with van der Waals surface area (Å²) >= 11 is 1.86. The summed E-state index contributed by atoms with van der Waals surface area (Å²) in [4.78, 5) is 15.9. The number of benzene rings is 7. The van der Waals surface area contributed by atoms with Crippen molar-refractivity contribution in [2.24, 2.45) is 0 Å². The van der Waals surface area contributed by atoms with E-state index in [2.05, 4.69) is 158 Å². The molecule has 0 unspecified atom stereocenters. The van der Waals surface area contributed by atoms with Crippen molar-refractivity contribution in [3.8, 4) is 67.4 Å². The standard InChI is InChI=1S/C55H35N3OS/c1-3-14-34(15-4-1)40-22-12-25-45-50-44-21-8-10-27-49(44)60-54(50)51(58-52(40)45)36-30-28-35(29-31-36)46-33-47(57-55(56-46)37-16-5-2-6-17-37)39-19-11-18-38(32-39)41-23-13-24-43-42-20-7-9-26-48(42)59-53(41)43/h1-7,9,11-33H,8,10H2. The van der Waals surface area contributed by atoms with Crippen LogP contribution in [0.3, 0.4) is 0 Å². The maximum atomic E-state index is 6.44. The van der Waals surface area contributed by atoms with Crippen LogP contribution in [0.1, 0.15) is 12.8 Å². The first-order valence-electron chi connectivity index (χ1n) is 20.4. The molecule has 4 aromatic heterocycles. The van der Waals surface area contributed by atoms with E-state index in [4.69, 9.17) is 19.4 Å². The fourth-order valence-electron chi connectivity index (χ4n) is 8.85. The molecular weight excluding hydrogens is 751 g/mol. The summed E-state index contributed by atoms with van der Waals surface area (Å²) in [6.45, 7) is 0. The van der Waals surface area contributed by atoms with Gasteiger partial charge in [0.05, 0.1) is 27.3 Å². The summed E-state index contributed by atoms with van der Waals surface area (Å²) in [6.07, 6.45) is 6.93. The molecule has 0 aliphatic heterocycles. The highest BCUT2D eigenvalue weighted by atomic mass is 32.1. The molecule has 12 rings (SSSR count). The predicted octanol–water partition coefficient (Wildman–Crippen LogP) is 13.5. The predicted molar refractivity (Wildman–Crippen MR) is 250 cm³/mol. The van der Waals surface area contributed by atoms with Crippen LogP contribution in [0.2, 0.25) is 0 Å². The molecule has 0 amide bonds. The molecule has 0 N–H and O–H groups in total. The van der Waals surface area contributed by atoms with Crippen molar-refractivity contribution < 1.29 is 4.42 Å². The molecule has 1 aliphatic carbocycles. The van der Waals surface area contributed by atoms with Crippen molar-refractivity contribution in [1.29, 1.82) is 0 Å². The number of nitrogens with zero attached hydrogens (tertiary/aromatic N) is 3. The van der Waals surface area contributed by atoms with Crippen LogP contribution < -0.4 is 9.75 Å². The lowest BCUT2D eigenvalue weighted by Crippen LogP contribution is -2.20. The zero-order chi connectivity index (χ0) is 39.6. The Morgan fingerprint density at radius 1 is 0.450 bits per heavy atom. The Kier molecular flexibility index (Phi) is 8.13. The summed E-state index contributed by atoms with van der Waals surface area (Å²) in [5.74, 6) is 0.681. The number of fused-ring (bicyclic) bond motifs is 8. The Morgan fingerprint density at radius 3 is 1.92 bits per heavy atom. The summed E-state index contributed by atoms with van der Waals surface area (Å²) in [5.41, 5.74) is 14.0. The molecule has 0 saturated heterocycles. The van der Waals surface area contributed by atoms with E-state index in [1.165, 1.54) is 30.8 Å². The molecule has 11 aromatic rings. The molecule has 0 saturated carbocycles. The zero-order valence-corrected chi connectivity index (χ0v) is 33.3. The number of aromatic nitrogens is 3. The van der Waals surface area contributed by atoms with E-state index in [9.17, 15) is 0 Å². The third-order valence-corrected chi connectivity index (χ3v) is 12.9. The number of pyridine rings is 1. The molecule has 0 radical (unpaired) electrons. The van der Waals surface area contributed by atoms with Crippen molar-refractivity contribution in [1.82, 2.24) is 15.0 Å². The molecule has 5 heteroatoms. The molecule has 0 bridgehead atoms. The second-order valence-electron chi connectivity index (χ2n) is 15.4. The van der Waals surface area contributed by atoms with Gasteiger partial charge in [0.1, 0.15) is 11.2 Å². The van der Waals surface area contributed by atoms with Crippen LogP contribution in [0, 0.1) is 0 Å². The van der Waals surface area contributed by atoms with E-state index in [1.54, 1.807) is 0 Å². The van der Waals surface area contributed by atoms with Gasteiger partial charge in [0, 0.05) is 59.5 Å². The van der Waals surface area contributed by atoms with Gasteiger partial charge >= 0.3 is 0 Å². The van der Waals surface area contributed by atoms with Gasteiger partial charge in [0.15, 0.2) is 5.82 Å². The Balaban J connectivity index is 0.994. The summed E-state index contributed by atoms with van der Waals surface area (Å²) in [7, 11) is 0. The Bertz CT molecular complexity index is 3590. The van der Waals surface area contributed by atoms with Crippen molar-refractivity contribution in [3.63, 3.8) is 0 Å². The minimum absolute atomic E-state index is 0.681. The number of hydrogen-bond acceptors (Lipinski definition) is 5. The topological polar surface area (TPSA) is 51.8 Å². The monoisotopic (exact) mass is 785 g/mol. The molecular formula is C55H35N3OS. The molecule has 0 atom stereocenters. The lowest BCUT2D eigenvalue weighted by molar-refractivity contribution is 0.670. The van der Waals surface area contributed by atoms with Gasteiger partial charge in [0.2, 0.25) is 0 Å². The van der Waals surface area contributed by atoms with Crippen LogP contribution in [0.4, 0.5) is 0 Å². The van der Waals surface area contributed by atoms with E-state index in [-0.39, 0.29) is 0 Å². The summed E-state index contributed by atoms with van der Waals surface area (Å²) in [6, 6.07) is 61.5. The first kappa shape index (κ1) is 34.6. The fourth-order valence-corrected chi connectivity index (χ4v) is 10.1. The SMILES string of the molecule is C1=c2sc3c(-c4ccc(-c5cc(-c6cccc(-c7cccc8c7oc7ccccc78)c6)nc(-c6ccccc6)n5)cc4)nc4c(-c5ccccc5)cccc4c3c2=CCC1. The third kappa shape index (κ3) is 5.77. The maximum Gasteiger partial charge on any atom is 0.160 e. The summed E-state index contributed by atoms with van der Waals surface area (Å²) in [5, 5.41) is 6.08. The van der Waals surface area contributed by atoms with E-state index in [1.807, 2.05) is 41.7 Å². The first-order valence-corrected chi connectivity index (χ1v) is 21.2. The van der Waals surface area contributed by atoms with Gasteiger partial charge in [-0.1, -0.05) is 170 Å². The number of thiophene rings is 1. The fraction of sp³-hybridized carbons (Fsp3) is 0.0364. The van der Waals surface area contributed by atoms with Crippen molar-refractivity contribution >= 4 is 66.4 Å². The number of hydrogen-bond donors (Lipinski definition) is 0. The second kappa shape index (κ2) is 14.1. The zero-order valence-electron chi connectivity index (χ0n) is 32.5. The molecule has 0 spiro atoms. The van der Waals surface area contributed by atoms with Crippen LogP contribution in [0.15, 0.2) is 180 Å². The van der Waals surface area contributed by atoms with E-state index in [0.717, 1.165) is 96.3 Å². The minimum atomic E-state index is 0.681. The van der Waals surface area contributed by atoms with Crippen LogP contribution >= 0.6 is 11.3 Å². The van der Waals surface area contributed by atoms with Crippen molar-refractivity contribution in [2.45, 2.75) is 12.8 Å². The van der Waals surface area contributed by atoms with Gasteiger partial charge in [-0.15, -0.1) is 11.3 Å². The third-order valence-electron chi connectivity index (χ3n) is 11.7. The lowest BCUT2D eigenvalue weighted by Gasteiger charge is -2.13.